The van der Waals surface area contributed by atoms with E-state index in [1.165, 1.54) is 11.8 Å². The molecule has 4 aromatic rings. The first-order chi connectivity index (χ1) is 12.1. The SMILES string of the molecule is Cc1cccc(-n2nnnc2SCc2cn3cc(Cl)cc(Cl)c3n2)c1. The number of thioether (sulfide) groups is 1. The predicted molar refractivity (Wildman–Crippen MR) is 98.7 cm³/mol. The van der Waals surface area contributed by atoms with Gasteiger partial charge in [-0.15, -0.1) is 5.10 Å². The van der Waals surface area contributed by atoms with Gasteiger partial charge in [0.2, 0.25) is 5.16 Å². The summed E-state index contributed by atoms with van der Waals surface area (Å²) in [6, 6.07) is 9.70. The number of aryl methyl sites for hydroxylation is 1. The molecule has 0 spiro atoms. The Kier molecular flexibility index (Phi) is 4.37. The molecule has 9 heteroatoms. The Morgan fingerprint density at radius 3 is 2.88 bits per heavy atom. The van der Waals surface area contributed by atoms with Crippen molar-refractivity contribution in [1.82, 2.24) is 29.6 Å². The lowest BCUT2D eigenvalue weighted by atomic mass is 10.2. The lowest BCUT2D eigenvalue weighted by molar-refractivity contribution is 0.755. The van der Waals surface area contributed by atoms with Crippen LogP contribution in [-0.2, 0) is 5.75 Å². The molecule has 3 heterocycles. The Hall–Kier alpha value is -2.09. The number of rotatable bonds is 4. The van der Waals surface area contributed by atoms with Gasteiger partial charge in [0.25, 0.3) is 0 Å². The summed E-state index contributed by atoms with van der Waals surface area (Å²) in [6.45, 7) is 2.03. The smallest absolute Gasteiger partial charge is 0.214 e. The third kappa shape index (κ3) is 3.35. The topological polar surface area (TPSA) is 60.9 Å². The molecule has 126 valence electrons. The van der Waals surface area contributed by atoms with Gasteiger partial charge in [-0.2, -0.15) is 4.68 Å². The van der Waals surface area contributed by atoms with Crippen molar-refractivity contribution in [2.75, 3.05) is 0 Å². The van der Waals surface area contributed by atoms with Gasteiger partial charge in [-0.3, -0.25) is 0 Å². The molecule has 4 rings (SSSR count). The number of fused-ring (bicyclic) bond motifs is 1. The van der Waals surface area contributed by atoms with Crippen molar-refractivity contribution >= 4 is 40.6 Å². The summed E-state index contributed by atoms with van der Waals surface area (Å²) in [7, 11) is 0. The highest BCUT2D eigenvalue weighted by molar-refractivity contribution is 7.98. The highest BCUT2D eigenvalue weighted by Crippen LogP contribution is 2.26. The molecule has 0 saturated heterocycles. The summed E-state index contributed by atoms with van der Waals surface area (Å²) < 4.78 is 3.54. The van der Waals surface area contributed by atoms with E-state index in [4.69, 9.17) is 23.2 Å². The number of halogens is 2. The molecule has 0 bridgehead atoms. The van der Waals surface area contributed by atoms with Gasteiger partial charge in [0, 0.05) is 18.1 Å². The van der Waals surface area contributed by atoms with E-state index in [-0.39, 0.29) is 0 Å². The summed E-state index contributed by atoms with van der Waals surface area (Å²) >= 11 is 13.7. The third-order valence-electron chi connectivity index (χ3n) is 3.56. The molecule has 25 heavy (non-hydrogen) atoms. The van der Waals surface area contributed by atoms with Crippen molar-refractivity contribution in [3.05, 3.63) is 64.0 Å². The minimum Gasteiger partial charge on any atom is -0.304 e. The molecule has 0 atom stereocenters. The lowest BCUT2D eigenvalue weighted by Gasteiger charge is -2.04. The van der Waals surface area contributed by atoms with Gasteiger partial charge < -0.3 is 4.40 Å². The van der Waals surface area contributed by atoms with Crippen LogP contribution in [0.1, 0.15) is 11.3 Å². The Morgan fingerprint density at radius 2 is 2.04 bits per heavy atom. The van der Waals surface area contributed by atoms with Crippen molar-refractivity contribution in [1.29, 1.82) is 0 Å². The standard InChI is InChI=1S/C16H12Cl2N6S/c1-10-3-2-4-13(5-10)24-16(20-21-22-24)25-9-12-8-23-7-11(17)6-14(18)15(23)19-12/h2-8H,9H2,1H3. The van der Waals surface area contributed by atoms with E-state index in [0.717, 1.165) is 16.9 Å². The van der Waals surface area contributed by atoms with Crippen LogP contribution in [0.4, 0.5) is 0 Å². The fraction of sp³-hybridized carbons (Fsp3) is 0.125. The zero-order chi connectivity index (χ0) is 17.4. The Bertz CT molecular complexity index is 1060. The summed E-state index contributed by atoms with van der Waals surface area (Å²) in [5, 5.41) is 13.8. The van der Waals surface area contributed by atoms with Crippen LogP contribution < -0.4 is 0 Å². The molecule has 0 aliphatic rings. The van der Waals surface area contributed by atoms with Crippen LogP contribution in [0.15, 0.2) is 47.9 Å². The summed E-state index contributed by atoms with van der Waals surface area (Å²) in [5.41, 5.74) is 3.63. The fourth-order valence-electron chi connectivity index (χ4n) is 2.47. The first-order valence-electron chi connectivity index (χ1n) is 7.41. The Balaban J connectivity index is 1.58. The van der Waals surface area contributed by atoms with E-state index in [1.54, 1.807) is 16.9 Å². The van der Waals surface area contributed by atoms with E-state index in [2.05, 4.69) is 20.5 Å². The van der Waals surface area contributed by atoms with Gasteiger partial charge in [-0.1, -0.05) is 47.1 Å². The number of imidazole rings is 1. The van der Waals surface area contributed by atoms with Crippen LogP contribution in [0.2, 0.25) is 10.0 Å². The first-order valence-corrected chi connectivity index (χ1v) is 9.15. The second-order valence-corrected chi connectivity index (χ2v) is 7.26. The fourth-order valence-corrected chi connectivity index (χ4v) is 3.78. The van der Waals surface area contributed by atoms with Gasteiger partial charge in [0.1, 0.15) is 0 Å². The van der Waals surface area contributed by atoms with E-state index in [0.29, 0.717) is 26.6 Å². The molecular formula is C16H12Cl2N6S. The molecule has 0 N–H and O–H groups in total. The van der Waals surface area contributed by atoms with E-state index in [1.807, 2.05) is 41.8 Å². The number of tetrazole rings is 1. The van der Waals surface area contributed by atoms with Crippen LogP contribution in [0.5, 0.6) is 0 Å². The summed E-state index contributed by atoms with van der Waals surface area (Å²) in [5.74, 6) is 0.613. The summed E-state index contributed by atoms with van der Waals surface area (Å²) in [4.78, 5) is 4.54. The van der Waals surface area contributed by atoms with Crippen LogP contribution in [0.25, 0.3) is 11.3 Å². The highest BCUT2D eigenvalue weighted by atomic mass is 35.5. The lowest BCUT2D eigenvalue weighted by Crippen LogP contribution is -1.99. The molecule has 0 amide bonds. The zero-order valence-corrected chi connectivity index (χ0v) is 15.4. The number of pyridine rings is 1. The van der Waals surface area contributed by atoms with Gasteiger partial charge in [0.05, 0.1) is 21.4 Å². The van der Waals surface area contributed by atoms with Crippen LogP contribution in [-0.4, -0.2) is 29.6 Å². The van der Waals surface area contributed by atoms with E-state index < -0.39 is 0 Å². The van der Waals surface area contributed by atoms with Gasteiger partial charge in [0.15, 0.2) is 5.65 Å². The maximum absolute atomic E-state index is 6.18. The molecule has 3 aromatic heterocycles. The van der Waals surface area contributed by atoms with Crippen molar-refractivity contribution in [2.45, 2.75) is 17.8 Å². The predicted octanol–water partition coefficient (Wildman–Crippen LogP) is 4.22. The molecule has 0 radical (unpaired) electrons. The second-order valence-electron chi connectivity index (χ2n) is 5.47. The minimum atomic E-state index is 0.522. The van der Waals surface area contributed by atoms with Crippen molar-refractivity contribution < 1.29 is 0 Å². The van der Waals surface area contributed by atoms with Crippen LogP contribution in [0.3, 0.4) is 0 Å². The molecule has 0 aliphatic heterocycles. The molecular weight excluding hydrogens is 379 g/mol. The average Bonchev–Trinajstić information content (AvgIpc) is 3.19. The molecule has 0 unspecified atom stereocenters. The van der Waals surface area contributed by atoms with Crippen molar-refractivity contribution in [3.63, 3.8) is 0 Å². The minimum absolute atomic E-state index is 0.522. The quantitative estimate of drug-likeness (QED) is 0.488. The number of hydrogen-bond donors (Lipinski definition) is 0. The summed E-state index contributed by atoms with van der Waals surface area (Å²) in [6.07, 6.45) is 3.68. The monoisotopic (exact) mass is 390 g/mol. The largest absolute Gasteiger partial charge is 0.304 e. The Morgan fingerprint density at radius 1 is 1.16 bits per heavy atom. The molecule has 0 fully saturated rings. The average molecular weight is 391 g/mol. The van der Waals surface area contributed by atoms with E-state index >= 15 is 0 Å². The molecule has 1 aromatic carbocycles. The van der Waals surface area contributed by atoms with Crippen molar-refractivity contribution in [2.24, 2.45) is 0 Å². The first kappa shape index (κ1) is 16.4. The zero-order valence-electron chi connectivity index (χ0n) is 13.1. The normalized spacial score (nSPS) is 11.3. The van der Waals surface area contributed by atoms with Gasteiger partial charge in [-0.25, -0.2) is 4.98 Å². The third-order valence-corrected chi connectivity index (χ3v) is 5.00. The number of nitrogens with zero attached hydrogens (tertiary/aromatic N) is 6. The molecule has 0 saturated carbocycles. The maximum Gasteiger partial charge on any atom is 0.214 e. The van der Waals surface area contributed by atoms with Crippen LogP contribution >= 0.6 is 35.0 Å². The second kappa shape index (κ2) is 6.67. The van der Waals surface area contributed by atoms with E-state index in [9.17, 15) is 0 Å². The number of benzene rings is 1. The molecule has 6 nitrogen and oxygen atoms in total. The highest BCUT2D eigenvalue weighted by Gasteiger charge is 2.12. The van der Waals surface area contributed by atoms with Crippen molar-refractivity contribution in [3.8, 4) is 5.69 Å². The number of hydrogen-bond acceptors (Lipinski definition) is 5. The van der Waals surface area contributed by atoms with Gasteiger partial charge in [-0.05, 0) is 41.1 Å². The Labute approximate surface area is 157 Å². The molecule has 0 aliphatic carbocycles. The van der Waals surface area contributed by atoms with Gasteiger partial charge >= 0.3 is 0 Å². The maximum atomic E-state index is 6.18. The van der Waals surface area contributed by atoms with Crippen LogP contribution in [0, 0.1) is 6.92 Å². The number of aromatic nitrogens is 6.